The van der Waals surface area contributed by atoms with E-state index in [-0.39, 0.29) is 12.1 Å². The zero-order chi connectivity index (χ0) is 21.5. The van der Waals surface area contributed by atoms with E-state index in [2.05, 4.69) is 36.2 Å². The second kappa shape index (κ2) is 10.5. The molecule has 1 saturated heterocycles. The Labute approximate surface area is 181 Å². The topological polar surface area (TPSA) is 61.6 Å². The summed E-state index contributed by atoms with van der Waals surface area (Å²) < 4.78 is 0. The lowest BCUT2D eigenvalue weighted by Gasteiger charge is -2.40. The Kier molecular flexibility index (Phi) is 7.75. The van der Waals surface area contributed by atoms with Gasteiger partial charge in [-0.25, -0.2) is 4.79 Å². The van der Waals surface area contributed by atoms with Crippen molar-refractivity contribution in [3.05, 3.63) is 59.7 Å². The van der Waals surface area contributed by atoms with E-state index < -0.39 is 0 Å². The molecule has 5 nitrogen and oxygen atoms in total. The molecule has 3 rings (SSSR count). The maximum absolute atomic E-state index is 13.3. The molecular weight excluding hydrogens is 372 g/mol. The summed E-state index contributed by atoms with van der Waals surface area (Å²) in [5.74, 6) is 0. The zero-order valence-corrected chi connectivity index (χ0v) is 18.6. The van der Waals surface area contributed by atoms with Gasteiger partial charge in [-0.3, -0.25) is 0 Å². The molecule has 0 spiro atoms. The van der Waals surface area contributed by atoms with Gasteiger partial charge in [0.1, 0.15) is 0 Å². The van der Waals surface area contributed by atoms with Crippen LogP contribution in [-0.2, 0) is 6.54 Å². The molecule has 1 aliphatic heterocycles. The van der Waals surface area contributed by atoms with Gasteiger partial charge in [-0.05, 0) is 56.4 Å². The van der Waals surface area contributed by atoms with Crippen LogP contribution >= 0.6 is 0 Å². The lowest BCUT2D eigenvalue weighted by molar-refractivity contribution is 0.0989. The highest BCUT2D eigenvalue weighted by molar-refractivity contribution is 5.90. The first-order chi connectivity index (χ1) is 14.5. The summed E-state index contributed by atoms with van der Waals surface area (Å²) in [4.78, 5) is 17.9. The molecule has 3 N–H and O–H groups in total. The number of carbonyl (C=O) groups excluding carboxylic acids is 1. The van der Waals surface area contributed by atoms with Gasteiger partial charge in [0, 0.05) is 43.1 Å². The fraction of sp³-hybridized carbons (Fsp3) is 0.480. The van der Waals surface area contributed by atoms with Crippen molar-refractivity contribution in [3.63, 3.8) is 0 Å². The quantitative estimate of drug-likeness (QED) is 0.614. The van der Waals surface area contributed by atoms with E-state index in [0.717, 1.165) is 42.7 Å². The first kappa shape index (κ1) is 22.2. The summed E-state index contributed by atoms with van der Waals surface area (Å²) in [6.45, 7) is 9.23. The molecule has 1 heterocycles. The number of aryl methyl sites for hydroxylation is 1. The number of anilines is 2. The number of rotatable bonds is 7. The number of nitrogens with one attached hydrogen (secondary N) is 1. The fourth-order valence-corrected chi connectivity index (χ4v) is 4.30. The molecule has 30 heavy (non-hydrogen) atoms. The van der Waals surface area contributed by atoms with Crippen molar-refractivity contribution in [1.29, 1.82) is 0 Å². The van der Waals surface area contributed by atoms with E-state index in [0.29, 0.717) is 18.3 Å². The van der Waals surface area contributed by atoms with Gasteiger partial charge in [0.15, 0.2) is 0 Å². The number of carbonyl (C=O) groups is 1. The average molecular weight is 409 g/mol. The minimum Gasteiger partial charge on any atom is -0.398 e. The highest BCUT2D eigenvalue weighted by Crippen LogP contribution is 2.24. The van der Waals surface area contributed by atoms with Crippen LogP contribution in [0, 0.1) is 6.92 Å². The smallest absolute Gasteiger partial charge is 0.322 e. The van der Waals surface area contributed by atoms with Crippen molar-refractivity contribution in [2.24, 2.45) is 0 Å². The van der Waals surface area contributed by atoms with Crippen molar-refractivity contribution in [2.75, 3.05) is 24.1 Å². The van der Waals surface area contributed by atoms with E-state index in [4.69, 9.17) is 5.73 Å². The van der Waals surface area contributed by atoms with Gasteiger partial charge in [0.2, 0.25) is 0 Å². The molecule has 2 amide bonds. The van der Waals surface area contributed by atoms with Gasteiger partial charge in [-0.1, -0.05) is 49.7 Å². The van der Waals surface area contributed by atoms with Crippen LogP contribution in [-0.4, -0.2) is 41.0 Å². The number of likely N-dealkylation sites (tertiary alicyclic amines) is 1. The Morgan fingerprint density at radius 1 is 1.20 bits per heavy atom. The number of piperidine rings is 1. The predicted molar refractivity (Wildman–Crippen MR) is 126 cm³/mol. The van der Waals surface area contributed by atoms with Crippen LogP contribution in [0.3, 0.4) is 0 Å². The lowest BCUT2D eigenvalue weighted by Crippen LogP contribution is -2.50. The number of amides is 2. The molecule has 0 bridgehead atoms. The number of nitrogen functional groups attached to an aromatic ring is 1. The van der Waals surface area contributed by atoms with Gasteiger partial charge < -0.3 is 20.9 Å². The molecule has 0 saturated carbocycles. The molecule has 1 unspecified atom stereocenters. The third kappa shape index (κ3) is 5.76. The maximum Gasteiger partial charge on any atom is 0.322 e. The molecule has 2 aromatic rings. The number of hydrogen-bond donors (Lipinski definition) is 2. The summed E-state index contributed by atoms with van der Waals surface area (Å²) in [5, 5.41) is 3.08. The van der Waals surface area contributed by atoms with Crippen LogP contribution in [0.15, 0.2) is 48.5 Å². The van der Waals surface area contributed by atoms with Crippen molar-refractivity contribution in [3.8, 4) is 0 Å². The Balaban J connectivity index is 1.72. The van der Waals surface area contributed by atoms with Gasteiger partial charge in [-0.2, -0.15) is 0 Å². The summed E-state index contributed by atoms with van der Waals surface area (Å²) in [6.07, 6.45) is 4.45. The number of nitrogens with zero attached hydrogens (tertiary/aromatic N) is 2. The molecular formula is C25H36N4O. The maximum atomic E-state index is 13.3. The normalized spacial score (nSPS) is 16.2. The van der Waals surface area contributed by atoms with Crippen molar-refractivity contribution < 1.29 is 4.79 Å². The Bertz CT molecular complexity index is 815. The molecule has 5 heteroatoms. The summed E-state index contributed by atoms with van der Waals surface area (Å²) in [6, 6.07) is 16.7. The second-order valence-corrected chi connectivity index (χ2v) is 8.52. The van der Waals surface area contributed by atoms with Crippen molar-refractivity contribution in [2.45, 2.75) is 65.1 Å². The Morgan fingerprint density at radius 3 is 2.53 bits per heavy atom. The Morgan fingerprint density at radius 2 is 1.90 bits per heavy atom. The first-order valence-electron chi connectivity index (χ1n) is 11.2. The first-order valence-corrected chi connectivity index (χ1v) is 11.2. The highest BCUT2D eigenvalue weighted by Gasteiger charge is 2.29. The van der Waals surface area contributed by atoms with Crippen LogP contribution in [0.2, 0.25) is 0 Å². The molecule has 0 radical (unpaired) electrons. The summed E-state index contributed by atoms with van der Waals surface area (Å²) >= 11 is 0. The van der Waals surface area contributed by atoms with E-state index >= 15 is 0 Å². The fourth-order valence-electron chi connectivity index (χ4n) is 4.30. The predicted octanol–water partition coefficient (Wildman–Crippen LogP) is 5.26. The third-order valence-electron chi connectivity index (χ3n) is 6.26. The standard InChI is InChI=1S/C25H36N4O/c1-4-8-20(3)28-15-13-23(14-16-28)29(18-21-9-6-5-7-10-21)25(30)27-22-12-11-19(2)24(26)17-22/h5-7,9-12,17,20,23H,4,8,13-16,18,26H2,1-3H3,(H,27,30). The lowest BCUT2D eigenvalue weighted by atomic mass is 10.00. The van der Waals surface area contributed by atoms with Crippen molar-refractivity contribution in [1.82, 2.24) is 9.80 Å². The van der Waals surface area contributed by atoms with E-state index in [1.165, 1.54) is 12.8 Å². The van der Waals surface area contributed by atoms with Gasteiger partial charge in [-0.15, -0.1) is 0 Å². The summed E-state index contributed by atoms with van der Waals surface area (Å²) in [5.41, 5.74) is 9.64. The second-order valence-electron chi connectivity index (χ2n) is 8.52. The van der Waals surface area contributed by atoms with E-state index in [1.54, 1.807) is 0 Å². The SMILES string of the molecule is CCCC(C)N1CCC(N(Cc2ccccc2)C(=O)Nc2ccc(C)c(N)c2)CC1. The van der Waals surface area contributed by atoms with E-state index in [1.807, 2.05) is 48.2 Å². The molecule has 1 aliphatic rings. The van der Waals surface area contributed by atoms with Crippen LogP contribution in [0.25, 0.3) is 0 Å². The van der Waals surface area contributed by atoms with Crippen LogP contribution in [0.4, 0.5) is 16.2 Å². The zero-order valence-electron chi connectivity index (χ0n) is 18.6. The molecule has 162 valence electrons. The minimum absolute atomic E-state index is 0.0536. The summed E-state index contributed by atoms with van der Waals surface area (Å²) in [7, 11) is 0. The number of nitrogens with two attached hydrogens (primary N) is 1. The molecule has 1 atom stereocenters. The Hall–Kier alpha value is -2.53. The van der Waals surface area contributed by atoms with Gasteiger partial charge in [0.05, 0.1) is 0 Å². The molecule has 2 aromatic carbocycles. The third-order valence-corrected chi connectivity index (χ3v) is 6.26. The van der Waals surface area contributed by atoms with Gasteiger partial charge in [0.25, 0.3) is 0 Å². The molecule has 0 aliphatic carbocycles. The van der Waals surface area contributed by atoms with Crippen molar-refractivity contribution >= 4 is 17.4 Å². The van der Waals surface area contributed by atoms with E-state index in [9.17, 15) is 4.79 Å². The monoisotopic (exact) mass is 408 g/mol. The molecule has 0 aromatic heterocycles. The number of urea groups is 1. The highest BCUT2D eigenvalue weighted by atomic mass is 16.2. The largest absolute Gasteiger partial charge is 0.398 e. The minimum atomic E-state index is -0.0536. The van der Waals surface area contributed by atoms with Gasteiger partial charge >= 0.3 is 6.03 Å². The van der Waals surface area contributed by atoms with Crippen LogP contribution in [0.1, 0.15) is 50.7 Å². The number of hydrogen-bond acceptors (Lipinski definition) is 3. The number of benzene rings is 2. The van der Waals surface area contributed by atoms with Crippen LogP contribution in [0.5, 0.6) is 0 Å². The molecule has 1 fully saturated rings. The van der Waals surface area contributed by atoms with Crippen LogP contribution < -0.4 is 11.1 Å². The average Bonchev–Trinajstić information content (AvgIpc) is 2.75.